The molecule has 0 aliphatic carbocycles. The van der Waals surface area contributed by atoms with E-state index in [2.05, 4.69) is 10.3 Å². The maximum absolute atomic E-state index is 15.3. The number of carbonyl (C=O) groups is 2. The smallest absolute Gasteiger partial charge is 0.417 e. The first-order chi connectivity index (χ1) is 23.7. The summed E-state index contributed by atoms with van der Waals surface area (Å²) in [5.41, 5.74) is -1.15. The van der Waals surface area contributed by atoms with Crippen LogP contribution in [0.15, 0.2) is 90.0 Å². The number of rotatable bonds is 7. The number of nitrogens with zero attached hydrogens (tertiary/aromatic N) is 2. The van der Waals surface area contributed by atoms with Gasteiger partial charge in [0.2, 0.25) is 0 Å². The van der Waals surface area contributed by atoms with Crippen LogP contribution in [0.4, 0.5) is 22.0 Å². The van der Waals surface area contributed by atoms with Gasteiger partial charge in [-0.25, -0.2) is 13.6 Å². The fourth-order valence-corrected chi connectivity index (χ4v) is 6.55. The van der Waals surface area contributed by atoms with Crippen molar-refractivity contribution in [1.82, 2.24) is 14.9 Å². The number of carboxylic acid groups (broad SMARTS) is 1. The molecule has 7 nitrogen and oxygen atoms in total. The van der Waals surface area contributed by atoms with Crippen LogP contribution in [0, 0.1) is 25.5 Å². The summed E-state index contributed by atoms with van der Waals surface area (Å²) in [5.74, 6) is -5.23. The number of benzene rings is 4. The summed E-state index contributed by atoms with van der Waals surface area (Å²) in [7, 11) is 1.38. The molecule has 0 saturated carbocycles. The molecular formula is C38H28F5N3O4. The first-order valence-electron chi connectivity index (χ1n) is 15.3. The molecular weight excluding hydrogens is 657 g/mol. The minimum atomic E-state index is -4.90. The number of alkyl halides is 3. The summed E-state index contributed by atoms with van der Waals surface area (Å²) < 4.78 is 75.8. The topological polar surface area (TPSA) is 101 Å². The first-order valence-corrected chi connectivity index (χ1v) is 15.3. The molecule has 50 heavy (non-hydrogen) atoms. The summed E-state index contributed by atoms with van der Waals surface area (Å²) in [6.07, 6.45) is -2.24. The average Bonchev–Trinajstić information content (AvgIpc) is 3.05. The Balaban J connectivity index is 1.39. The predicted molar refractivity (Wildman–Crippen MR) is 179 cm³/mol. The van der Waals surface area contributed by atoms with Gasteiger partial charge in [0.15, 0.2) is 0 Å². The highest BCUT2D eigenvalue weighted by Crippen LogP contribution is 2.42. The fourth-order valence-electron chi connectivity index (χ4n) is 6.55. The molecule has 0 aliphatic heterocycles. The Kier molecular flexibility index (Phi) is 8.73. The molecule has 0 saturated heterocycles. The standard InChI is InChI=1S/C38H28F5N3O4/c1-19-17-44-18-20(2)31(19)22-14-27(39)33(28(40)15-22)35(47)45-29(37(49)50)16-21-8-6-11-24-23(21)10-7-12-25(24)32-34(38(41,42)43)26-9-4-5-13-30(26)46(3)36(32)48/h4-15,17-18,29H,16H2,1-3H3,(H,45,47)(H,49,50)/t29-/m0/s1. The molecule has 0 spiro atoms. The molecule has 0 fully saturated rings. The van der Waals surface area contributed by atoms with Gasteiger partial charge in [-0.2, -0.15) is 13.2 Å². The largest absolute Gasteiger partial charge is 0.480 e. The number of para-hydroxylation sites is 1. The normalized spacial score (nSPS) is 12.3. The van der Waals surface area contributed by atoms with Crippen LogP contribution in [0.2, 0.25) is 0 Å². The number of halogens is 5. The van der Waals surface area contributed by atoms with E-state index >= 15 is 8.78 Å². The third-order valence-electron chi connectivity index (χ3n) is 8.78. The van der Waals surface area contributed by atoms with E-state index in [0.29, 0.717) is 27.6 Å². The van der Waals surface area contributed by atoms with Gasteiger partial charge in [-0.3, -0.25) is 14.6 Å². The molecule has 254 valence electrons. The zero-order chi connectivity index (χ0) is 36.1. The molecule has 12 heteroatoms. The number of hydrogen-bond acceptors (Lipinski definition) is 4. The molecule has 0 aliphatic rings. The Morgan fingerprint density at radius 2 is 1.46 bits per heavy atom. The van der Waals surface area contributed by atoms with E-state index < -0.39 is 64.4 Å². The van der Waals surface area contributed by atoms with Gasteiger partial charge in [0.1, 0.15) is 23.2 Å². The van der Waals surface area contributed by atoms with Crippen LogP contribution in [0.5, 0.6) is 0 Å². The van der Waals surface area contributed by atoms with Gasteiger partial charge in [-0.15, -0.1) is 0 Å². The Morgan fingerprint density at radius 1 is 0.860 bits per heavy atom. The Labute approximate surface area is 281 Å². The Bertz CT molecular complexity index is 2380. The van der Waals surface area contributed by atoms with Gasteiger partial charge in [-0.05, 0) is 76.2 Å². The van der Waals surface area contributed by atoms with E-state index in [4.69, 9.17) is 0 Å². The monoisotopic (exact) mass is 685 g/mol. The van der Waals surface area contributed by atoms with Crippen molar-refractivity contribution in [2.24, 2.45) is 7.05 Å². The van der Waals surface area contributed by atoms with E-state index in [1.807, 2.05) is 0 Å². The lowest BCUT2D eigenvalue weighted by Crippen LogP contribution is -2.43. The molecule has 1 amide bonds. The van der Waals surface area contributed by atoms with Crippen LogP contribution >= 0.6 is 0 Å². The number of pyridine rings is 2. The Morgan fingerprint density at radius 3 is 2.10 bits per heavy atom. The molecule has 0 unspecified atom stereocenters. The molecule has 0 bridgehead atoms. The van der Waals surface area contributed by atoms with E-state index in [1.165, 1.54) is 74.0 Å². The van der Waals surface area contributed by atoms with Gasteiger partial charge in [0.25, 0.3) is 11.5 Å². The zero-order valence-electron chi connectivity index (χ0n) is 26.8. The number of carboxylic acids is 1. The molecule has 4 aromatic carbocycles. The second kappa shape index (κ2) is 12.8. The second-order valence-electron chi connectivity index (χ2n) is 12.0. The highest BCUT2D eigenvalue weighted by Gasteiger charge is 2.38. The van der Waals surface area contributed by atoms with Crippen molar-refractivity contribution in [2.45, 2.75) is 32.5 Å². The first kappa shape index (κ1) is 34.0. The number of aromatic nitrogens is 2. The molecule has 2 heterocycles. The SMILES string of the molecule is Cc1cncc(C)c1-c1cc(F)c(C(=O)N[C@@H](Cc2cccc3c(-c4c(C(F)(F)F)c5ccccc5n(C)c4=O)cccc23)C(=O)O)c(F)c1. The van der Waals surface area contributed by atoms with Crippen LogP contribution in [-0.4, -0.2) is 32.6 Å². The quantitative estimate of drug-likeness (QED) is 0.167. The van der Waals surface area contributed by atoms with Gasteiger partial charge in [0, 0.05) is 31.2 Å². The van der Waals surface area contributed by atoms with Crippen LogP contribution in [-0.2, 0) is 24.4 Å². The Hall–Kier alpha value is -5.91. The maximum atomic E-state index is 15.3. The van der Waals surface area contributed by atoms with E-state index in [-0.39, 0.29) is 27.4 Å². The number of hydrogen-bond donors (Lipinski definition) is 2. The zero-order valence-corrected chi connectivity index (χ0v) is 26.8. The predicted octanol–water partition coefficient (Wildman–Crippen LogP) is 7.76. The molecule has 6 rings (SSSR count). The van der Waals surface area contributed by atoms with Gasteiger partial charge in [0.05, 0.1) is 16.6 Å². The van der Waals surface area contributed by atoms with Crippen LogP contribution in [0.1, 0.15) is 32.6 Å². The third-order valence-corrected chi connectivity index (χ3v) is 8.78. The number of fused-ring (bicyclic) bond motifs is 2. The van der Waals surface area contributed by atoms with Crippen molar-refractivity contribution in [3.63, 3.8) is 0 Å². The van der Waals surface area contributed by atoms with Gasteiger partial charge in [-0.1, -0.05) is 54.6 Å². The van der Waals surface area contributed by atoms with Crippen LogP contribution < -0.4 is 10.9 Å². The summed E-state index contributed by atoms with van der Waals surface area (Å²) in [6.45, 7) is 3.44. The second-order valence-corrected chi connectivity index (χ2v) is 12.0. The van der Waals surface area contributed by atoms with E-state index in [0.717, 1.165) is 16.7 Å². The fraction of sp³-hybridized carbons (Fsp3) is 0.158. The summed E-state index contributed by atoms with van der Waals surface area (Å²) in [5, 5.41) is 12.6. The summed E-state index contributed by atoms with van der Waals surface area (Å²) >= 11 is 0. The lowest BCUT2D eigenvalue weighted by atomic mass is 9.90. The lowest BCUT2D eigenvalue weighted by Gasteiger charge is -2.20. The number of aryl methyl sites for hydroxylation is 3. The van der Waals surface area contributed by atoms with Crippen molar-refractivity contribution in [2.75, 3.05) is 0 Å². The van der Waals surface area contributed by atoms with Crippen molar-refractivity contribution >= 4 is 33.6 Å². The van der Waals surface area contributed by atoms with E-state index in [1.54, 1.807) is 19.9 Å². The van der Waals surface area contributed by atoms with Crippen molar-refractivity contribution in [1.29, 1.82) is 0 Å². The maximum Gasteiger partial charge on any atom is 0.417 e. The number of aliphatic carboxylic acids is 1. The van der Waals surface area contributed by atoms with E-state index in [9.17, 15) is 32.7 Å². The number of carbonyl (C=O) groups excluding carboxylic acids is 1. The minimum Gasteiger partial charge on any atom is -0.480 e. The van der Waals surface area contributed by atoms with Crippen molar-refractivity contribution in [3.05, 3.63) is 135 Å². The lowest BCUT2D eigenvalue weighted by molar-refractivity contribution is -0.139. The van der Waals surface area contributed by atoms with Crippen molar-refractivity contribution < 1.29 is 36.6 Å². The minimum absolute atomic E-state index is 0.0251. The van der Waals surface area contributed by atoms with Crippen LogP contribution in [0.25, 0.3) is 43.9 Å². The average molecular weight is 686 g/mol. The number of amides is 1. The molecule has 2 aromatic heterocycles. The molecule has 6 aromatic rings. The third kappa shape index (κ3) is 5.97. The highest BCUT2D eigenvalue weighted by atomic mass is 19.4. The number of nitrogens with one attached hydrogen (secondary N) is 1. The molecule has 0 radical (unpaired) electrons. The van der Waals surface area contributed by atoms with Gasteiger partial charge >= 0.3 is 12.1 Å². The highest BCUT2D eigenvalue weighted by molar-refractivity contribution is 6.02. The molecule has 1 atom stereocenters. The summed E-state index contributed by atoms with van der Waals surface area (Å²) in [4.78, 5) is 43.2. The molecule has 2 N–H and O–H groups in total. The van der Waals surface area contributed by atoms with Crippen molar-refractivity contribution in [3.8, 4) is 22.3 Å². The van der Waals surface area contributed by atoms with Crippen LogP contribution in [0.3, 0.4) is 0 Å². The van der Waals surface area contributed by atoms with Gasteiger partial charge < -0.3 is 15.0 Å². The summed E-state index contributed by atoms with van der Waals surface area (Å²) in [6, 6.07) is 14.9.